The Labute approximate surface area is 101 Å². The van der Waals surface area contributed by atoms with Crippen LogP contribution in [0.3, 0.4) is 0 Å². The molecule has 1 aromatic heterocycles. The van der Waals surface area contributed by atoms with Crippen LogP contribution in [0.25, 0.3) is 0 Å². The molecular formula is C12H21N3O2. The third-order valence-electron chi connectivity index (χ3n) is 2.64. The summed E-state index contributed by atoms with van der Waals surface area (Å²) in [6.45, 7) is 7.96. The molecule has 1 heterocycles. The lowest BCUT2D eigenvalue weighted by atomic mass is 10.1. The number of aromatic nitrogens is 2. The van der Waals surface area contributed by atoms with Crippen molar-refractivity contribution in [2.45, 2.75) is 39.7 Å². The summed E-state index contributed by atoms with van der Waals surface area (Å²) >= 11 is 0. The number of rotatable bonds is 5. The first kappa shape index (κ1) is 13.7. The third-order valence-corrected chi connectivity index (χ3v) is 2.64. The number of aliphatic hydroxyl groups is 1. The molecule has 0 radical (unpaired) electrons. The topological polar surface area (TPSA) is 78.0 Å². The highest BCUT2D eigenvalue weighted by atomic mass is 16.3. The number of nitrogens with one attached hydrogen (secondary N) is 2. The molecule has 0 bridgehead atoms. The van der Waals surface area contributed by atoms with Gasteiger partial charge in [0.05, 0.1) is 12.6 Å². The lowest BCUT2D eigenvalue weighted by Crippen LogP contribution is -2.30. The molecule has 0 saturated carbocycles. The lowest BCUT2D eigenvalue weighted by molar-refractivity contribution is 0.249. The molecule has 1 unspecified atom stereocenters. The maximum Gasteiger partial charge on any atom is 0.252 e. The van der Waals surface area contributed by atoms with Crippen molar-refractivity contribution in [1.29, 1.82) is 0 Å². The predicted molar refractivity (Wildman–Crippen MR) is 68.3 cm³/mol. The Hall–Kier alpha value is -1.36. The molecule has 0 spiro atoms. The van der Waals surface area contributed by atoms with Crippen LogP contribution in [0, 0.1) is 5.92 Å². The van der Waals surface area contributed by atoms with Gasteiger partial charge >= 0.3 is 0 Å². The predicted octanol–water partition coefficient (Wildman–Crippen LogP) is 1.32. The Balaban J connectivity index is 2.94. The van der Waals surface area contributed by atoms with Gasteiger partial charge in [-0.1, -0.05) is 27.7 Å². The zero-order valence-electron chi connectivity index (χ0n) is 10.8. The molecule has 17 heavy (non-hydrogen) atoms. The van der Waals surface area contributed by atoms with Crippen LogP contribution in [0.4, 0.5) is 5.82 Å². The SMILES string of the molecule is CC(C)c1nc(NC(CO)C(C)C)cc(=O)[nH]1. The van der Waals surface area contributed by atoms with Crippen molar-refractivity contribution >= 4 is 5.82 Å². The van der Waals surface area contributed by atoms with E-state index in [9.17, 15) is 9.90 Å². The molecule has 5 heteroatoms. The fourth-order valence-electron chi connectivity index (χ4n) is 1.44. The quantitative estimate of drug-likeness (QED) is 0.724. The number of H-pyrrole nitrogens is 1. The van der Waals surface area contributed by atoms with E-state index >= 15 is 0 Å². The molecule has 0 aliphatic carbocycles. The standard InChI is InChI=1S/C12H21N3O2/c1-7(2)9(6-16)13-10-5-11(17)15-12(14-10)8(3)4/h5,7-9,16H,6H2,1-4H3,(H2,13,14,15,17). The van der Waals surface area contributed by atoms with Gasteiger partial charge in [-0.15, -0.1) is 0 Å². The highest BCUT2D eigenvalue weighted by Gasteiger charge is 2.13. The first-order valence-corrected chi connectivity index (χ1v) is 5.92. The van der Waals surface area contributed by atoms with Gasteiger partial charge in [-0.2, -0.15) is 0 Å². The zero-order valence-corrected chi connectivity index (χ0v) is 10.8. The highest BCUT2D eigenvalue weighted by molar-refractivity contribution is 5.34. The molecule has 0 aliphatic heterocycles. The van der Waals surface area contributed by atoms with E-state index in [1.807, 2.05) is 27.7 Å². The number of aliphatic hydroxyl groups excluding tert-OH is 1. The van der Waals surface area contributed by atoms with Crippen molar-refractivity contribution in [1.82, 2.24) is 9.97 Å². The summed E-state index contributed by atoms with van der Waals surface area (Å²) in [5.74, 6) is 1.60. The van der Waals surface area contributed by atoms with Crippen LogP contribution in [0.5, 0.6) is 0 Å². The summed E-state index contributed by atoms with van der Waals surface area (Å²) in [6.07, 6.45) is 0. The third kappa shape index (κ3) is 3.85. The van der Waals surface area contributed by atoms with Gasteiger partial charge in [0.15, 0.2) is 0 Å². The Morgan fingerprint density at radius 2 is 2.06 bits per heavy atom. The fourth-order valence-corrected chi connectivity index (χ4v) is 1.44. The molecule has 1 atom stereocenters. The molecule has 1 aromatic rings. The summed E-state index contributed by atoms with van der Waals surface area (Å²) in [5.41, 5.74) is -0.174. The van der Waals surface area contributed by atoms with Gasteiger partial charge in [0.2, 0.25) is 0 Å². The minimum Gasteiger partial charge on any atom is -0.394 e. The van der Waals surface area contributed by atoms with Crippen LogP contribution in [-0.4, -0.2) is 27.7 Å². The van der Waals surface area contributed by atoms with Crippen LogP contribution < -0.4 is 10.9 Å². The maximum atomic E-state index is 11.5. The normalized spacial score (nSPS) is 13.1. The molecule has 0 saturated heterocycles. The monoisotopic (exact) mass is 239 g/mol. The van der Waals surface area contributed by atoms with Crippen molar-refractivity contribution in [2.24, 2.45) is 5.92 Å². The number of hydrogen-bond acceptors (Lipinski definition) is 4. The van der Waals surface area contributed by atoms with Gasteiger partial charge in [0.25, 0.3) is 5.56 Å². The van der Waals surface area contributed by atoms with E-state index in [2.05, 4.69) is 15.3 Å². The molecular weight excluding hydrogens is 218 g/mol. The first-order chi connectivity index (χ1) is 7.93. The summed E-state index contributed by atoms with van der Waals surface area (Å²) in [4.78, 5) is 18.5. The van der Waals surface area contributed by atoms with Gasteiger partial charge in [0.1, 0.15) is 11.6 Å². The second kappa shape index (κ2) is 5.82. The van der Waals surface area contributed by atoms with Gasteiger partial charge in [-0.05, 0) is 5.92 Å². The van der Waals surface area contributed by atoms with Crippen molar-refractivity contribution < 1.29 is 5.11 Å². The molecule has 0 fully saturated rings. The average molecular weight is 239 g/mol. The number of aromatic amines is 1. The van der Waals surface area contributed by atoms with Crippen LogP contribution in [-0.2, 0) is 0 Å². The van der Waals surface area contributed by atoms with E-state index < -0.39 is 0 Å². The van der Waals surface area contributed by atoms with Crippen molar-refractivity contribution in [2.75, 3.05) is 11.9 Å². The lowest BCUT2D eigenvalue weighted by Gasteiger charge is -2.20. The van der Waals surface area contributed by atoms with Crippen LogP contribution >= 0.6 is 0 Å². The zero-order chi connectivity index (χ0) is 13.0. The summed E-state index contributed by atoms with van der Waals surface area (Å²) < 4.78 is 0. The molecule has 1 rings (SSSR count). The minimum absolute atomic E-state index is 0.0170. The van der Waals surface area contributed by atoms with Gasteiger partial charge in [0, 0.05) is 12.0 Å². The maximum absolute atomic E-state index is 11.5. The van der Waals surface area contributed by atoms with Gasteiger partial charge in [-0.25, -0.2) is 4.98 Å². The number of nitrogens with zero attached hydrogens (tertiary/aromatic N) is 1. The van der Waals surface area contributed by atoms with E-state index in [0.29, 0.717) is 11.6 Å². The molecule has 0 aromatic carbocycles. The van der Waals surface area contributed by atoms with Crippen molar-refractivity contribution in [3.63, 3.8) is 0 Å². The average Bonchev–Trinajstić information content (AvgIpc) is 2.24. The van der Waals surface area contributed by atoms with Crippen LogP contribution in [0.15, 0.2) is 10.9 Å². The van der Waals surface area contributed by atoms with Crippen LogP contribution in [0.1, 0.15) is 39.4 Å². The summed E-state index contributed by atoms with van der Waals surface area (Å²) in [7, 11) is 0. The molecule has 0 aliphatic rings. The fraction of sp³-hybridized carbons (Fsp3) is 0.667. The second-order valence-corrected chi connectivity index (χ2v) is 4.85. The van der Waals surface area contributed by atoms with Gasteiger partial charge in [-0.3, -0.25) is 4.79 Å². The smallest absolute Gasteiger partial charge is 0.252 e. The van der Waals surface area contributed by atoms with E-state index in [1.54, 1.807) is 0 Å². The first-order valence-electron chi connectivity index (χ1n) is 5.92. The summed E-state index contributed by atoms with van der Waals surface area (Å²) in [5, 5.41) is 12.3. The molecule has 0 amide bonds. The Kier molecular flexibility index (Phi) is 4.69. The van der Waals surface area contributed by atoms with E-state index in [0.717, 1.165) is 0 Å². The molecule has 96 valence electrons. The molecule has 5 nitrogen and oxygen atoms in total. The van der Waals surface area contributed by atoms with E-state index in [4.69, 9.17) is 0 Å². The minimum atomic E-state index is -0.174. The summed E-state index contributed by atoms with van der Waals surface area (Å²) in [6, 6.07) is 1.32. The second-order valence-electron chi connectivity index (χ2n) is 4.85. The molecule has 3 N–H and O–H groups in total. The van der Waals surface area contributed by atoms with Crippen molar-refractivity contribution in [3.05, 3.63) is 22.2 Å². The Morgan fingerprint density at radius 1 is 1.41 bits per heavy atom. The number of anilines is 1. The highest BCUT2D eigenvalue weighted by Crippen LogP contribution is 2.12. The van der Waals surface area contributed by atoms with Gasteiger partial charge < -0.3 is 15.4 Å². The largest absolute Gasteiger partial charge is 0.394 e. The van der Waals surface area contributed by atoms with E-state index in [1.165, 1.54) is 6.07 Å². The Bertz CT molecular complexity index is 412. The van der Waals surface area contributed by atoms with Crippen molar-refractivity contribution in [3.8, 4) is 0 Å². The number of hydrogen-bond donors (Lipinski definition) is 3. The van der Waals surface area contributed by atoms with E-state index in [-0.39, 0.29) is 30.0 Å². The van der Waals surface area contributed by atoms with Crippen LogP contribution in [0.2, 0.25) is 0 Å². The Morgan fingerprint density at radius 3 is 2.53 bits per heavy atom.